The first-order valence-corrected chi connectivity index (χ1v) is 13.4. The van der Waals surface area contributed by atoms with Gasteiger partial charge in [-0.15, -0.1) is 11.3 Å². The summed E-state index contributed by atoms with van der Waals surface area (Å²) >= 11 is 1.37. The quantitative estimate of drug-likeness (QED) is 0.414. The molecule has 1 aliphatic rings. The molecule has 0 aliphatic heterocycles. The first kappa shape index (κ1) is 25.9. The molecule has 6 nitrogen and oxygen atoms in total. The van der Waals surface area contributed by atoms with Crippen LogP contribution in [0, 0.1) is 27.7 Å². The topological polar surface area (TPSA) is 71.5 Å². The van der Waals surface area contributed by atoms with E-state index in [-0.39, 0.29) is 17.9 Å². The molecule has 36 heavy (non-hydrogen) atoms. The van der Waals surface area contributed by atoms with E-state index in [2.05, 4.69) is 10.3 Å². The molecule has 1 atom stereocenters. The minimum Gasteiger partial charge on any atom is -0.497 e. The van der Waals surface area contributed by atoms with Crippen molar-refractivity contribution in [2.24, 2.45) is 0 Å². The molecular formula is C29H35N3O3S. The summed E-state index contributed by atoms with van der Waals surface area (Å²) in [6, 6.07) is 12.7. The lowest BCUT2D eigenvalue weighted by Crippen LogP contribution is -2.47. The lowest BCUT2D eigenvalue weighted by Gasteiger charge is -2.34. The molecule has 2 aromatic carbocycles. The zero-order chi connectivity index (χ0) is 25.8. The predicted octanol–water partition coefficient (Wildman–Crippen LogP) is 6.22. The minimum atomic E-state index is -0.840. The Balaban J connectivity index is 1.86. The lowest BCUT2D eigenvalue weighted by atomic mass is 9.94. The molecule has 4 rings (SSSR count). The highest BCUT2D eigenvalue weighted by molar-refractivity contribution is 7.13. The standard InChI is InChI=1S/C29H35N3O3S/c1-18-11-12-19(2)25(17-18)32(29(34)27-20(3)30-21(4)36-27)26(22-13-15-24(35-5)16-14-22)28(33)31-23-9-7-6-8-10-23/h11-17,23,26H,6-10H2,1-5H3,(H,31,33)/t26-/m0/s1. The molecule has 1 aliphatic carbocycles. The Morgan fingerprint density at radius 1 is 1.03 bits per heavy atom. The fourth-order valence-corrected chi connectivity index (χ4v) is 5.77. The number of nitrogens with zero attached hydrogens (tertiary/aromatic N) is 2. The Morgan fingerprint density at radius 3 is 2.33 bits per heavy atom. The number of amides is 2. The van der Waals surface area contributed by atoms with Crippen LogP contribution < -0.4 is 15.0 Å². The van der Waals surface area contributed by atoms with Crippen LogP contribution in [0.3, 0.4) is 0 Å². The molecule has 1 N–H and O–H groups in total. The van der Waals surface area contributed by atoms with E-state index in [1.54, 1.807) is 12.0 Å². The average Bonchev–Trinajstić information content (AvgIpc) is 3.22. The van der Waals surface area contributed by atoms with Crippen LogP contribution in [0.25, 0.3) is 0 Å². The summed E-state index contributed by atoms with van der Waals surface area (Å²) in [6.07, 6.45) is 5.34. The van der Waals surface area contributed by atoms with E-state index in [0.29, 0.717) is 16.3 Å². The maximum Gasteiger partial charge on any atom is 0.271 e. The van der Waals surface area contributed by atoms with Gasteiger partial charge in [-0.2, -0.15) is 0 Å². The molecule has 0 unspecified atom stereocenters. The zero-order valence-electron chi connectivity index (χ0n) is 21.8. The molecule has 0 saturated heterocycles. The van der Waals surface area contributed by atoms with Crippen molar-refractivity contribution in [3.63, 3.8) is 0 Å². The number of nitrogens with one attached hydrogen (secondary N) is 1. The monoisotopic (exact) mass is 505 g/mol. The molecule has 190 valence electrons. The van der Waals surface area contributed by atoms with Crippen molar-refractivity contribution in [1.82, 2.24) is 10.3 Å². The molecule has 1 heterocycles. The number of rotatable bonds is 7. The van der Waals surface area contributed by atoms with E-state index in [1.165, 1.54) is 17.8 Å². The van der Waals surface area contributed by atoms with Crippen molar-refractivity contribution in [3.05, 3.63) is 74.7 Å². The smallest absolute Gasteiger partial charge is 0.271 e. The van der Waals surface area contributed by atoms with E-state index in [0.717, 1.165) is 53.1 Å². The number of aryl methyl sites for hydroxylation is 4. The number of aromatic nitrogens is 1. The highest BCUT2D eigenvalue weighted by atomic mass is 32.1. The first-order chi connectivity index (χ1) is 17.3. The highest BCUT2D eigenvalue weighted by Gasteiger charge is 2.36. The fraction of sp³-hybridized carbons (Fsp3) is 0.414. The number of methoxy groups -OCH3 is 1. The van der Waals surface area contributed by atoms with Crippen LogP contribution in [0.4, 0.5) is 5.69 Å². The summed E-state index contributed by atoms with van der Waals surface area (Å²) in [6.45, 7) is 7.72. The number of hydrogen-bond acceptors (Lipinski definition) is 5. The Hall–Kier alpha value is -3.19. The maximum atomic E-state index is 14.3. The molecule has 1 saturated carbocycles. The number of ether oxygens (including phenoxy) is 1. The normalized spacial score (nSPS) is 14.8. The number of thiazole rings is 1. The maximum absolute atomic E-state index is 14.3. The number of carbonyl (C=O) groups is 2. The number of hydrogen-bond donors (Lipinski definition) is 1. The van der Waals surface area contributed by atoms with Gasteiger partial charge in [0.05, 0.1) is 17.8 Å². The summed E-state index contributed by atoms with van der Waals surface area (Å²) in [4.78, 5) is 35.0. The van der Waals surface area contributed by atoms with Crippen LogP contribution in [0.1, 0.15) is 75.2 Å². The molecular weight excluding hydrogens is 470 g/mol. The molecule has 1 aromatic heterocycles. The van der Waals surface area contributed by atoms with Crippen LogP contribution in [-0.4, -0.2) is 29.9 Å². The van der Waals surface area contributed by atoms with Gasteiger partial charge in [-0.3, -0.25) is 14.5 Å². The van der Waals surface area contributed by atoms with E-state index >= 15 is 0 Å². The highest BCUT2D eigenvalue weighted by Crippen LogP contribution is 2.35. The van der Waals surface area contributed by atoms with E-state index in [1.807, 2.05) is 70.2 Å². The third kappa shape index (κ3) is 5.62. The second-order valence-corrected chi connectivity index (χ2v) is 10.8. The Morgan fingerprint density at radius 2 is 1.72 bits per heavy atom. The van der Waals surface area contributed by atoms with Gasteiger partial charge < -0.3 is 10.1 Å². The summed E-state index contributed by atoms with van der Waals surface area (Å²) in [7, 11) is 1.61. The summed E-state index contributed by atoms with van der Waals surface area (Å²) < 4.78 is 5.36. The van der Waals surface area contributed by atoms with Crippen molar-refractivity contribution in [3.8, 4) is 5.75 Å². The van der Waals surface area contributed by atoms with Gasteiger partial charge >= 0.3 is 0 Å². The molecule has 0 radical (unpaired) electrons. The third-order valence-corrected chi connectivity index (χ3v) is 7.89. The van der Waals surface area contributed by atoms with Crippen molar-refractivity contribution < 1.29 is 14.3 Å². The van der Waals surface area contributed by atoms with Crippen LogP contribution in [0.2, 0.25) is 0 Å². The van der Waals surface area contributed by atoms with E-state index < -0.39 is 6.04 Å². The largest absolute Gasteiger partial charge is 0.497 e. The van der Waals surface area contributed by atoms with Crippen molar-refractivity contribution in [1.29, 1.82) is 0 Å². The van der Waals surface area contributed by atoms with Gasteiger partial charge in [0.25, 0.3) is 5.91 Å². The van der Waals surface area contributed by atoms with Gasteiger partial charge in [-0.25, -0.2) is 4.98 Å². The minimum absolute atomic E-state index is 0.120. The van der Waals surface area contributed by atoms with E-state index in [9.17, 15) is 9.59 Å². The SMILES string of the molecule is COc1ccc([C@@H](C(=O)NC2CCCCC2)N(C(=O)c2sc(C)nc2C)c2cc(C)ccc2C)cc1. The molecule has 3 aromatic rings. The summed E-state index contributed by atoms with van der Waals surface area (Å²) in [5, 5.41) is 4.10. The first-order valence-electron chi connectivity index (χ1n) is 12.6. The Kier molecular flexibility index (Phi) is 8.09. The van der Waals surface area contributed by atoms with Crippen molar-refractivity contribution in [2.45, 2.75) is 71.9 Å². The molecule has 0 spiro atoms. The third-order valence-electron chi connectivity index (χ3n) is 6.83. The molecule has 1 fully saturated rings. The zero-order valence-corrected chi connectivity index (χ0v) is 22.6. The van der Waals surface area contributed by atoms with Gasteiger partial charge in [0, 0.05) is 11.7 Å². The van der Waals surface area contributed by atoms with Gasteiger partial charge in [-0.1, -0.05) is 43.5 Å². The second kappa shape index (κ2) is 11.2. The van der Waals surface area contributed by atoms with Gasteiger partial charge in [-0.05, 0) is 75.4 Å². The van der Waals surface area contributed by atoms with Gasteiger partial charge in [0.1, 0.15) is 16.7 Å². The Labute approximate surface area is 217 Å². The van der Waals surface area contributed by atoms with Crippen LogP contribution in [0.5, 0.6) is 5.75 Å². The lowest BCUT2D eigenvalue weighted by molar-refractivity contribution is -0.123. The van der Waals surface area contributed by atoms with Crippen LogP contribution in [-0.2, 0) is 4.79 Å². The fourth-order valence-electron chi connectivity index (χ4n) is 4.91. The summed E-state index contributed by atoms with van der Waals surface area (Å²) in [5.41, 5.74) is 4.09. The van der Waals surface area contributed by atoms with Crippen LogP contribution >= 0.6 is 11.3 Å². The molecule has 7 heteroatoms. The molecule has 2 amide bonds. The number of carbonyl (C=O) groups excluding carboxylic acids is 2. The average molecular weight is 506 g/mol. The summed E-state index contributed by atoms with van der Waals surface area (Å²) in [5.74, 6) is 0.315. The second-order valence-electron chi connectivity index (χ2n) is 9.63. The molecule has 0 bridgehead atoms. The number of benzene rings is 2. The van der Waals surface area contributed by atoms with Crippen LogP contribution in [0.15, 0.2) is 42.5 Å². The van der Waals surface area contributed by atoms with Crippen molar-refractivity contribution >= 4 is 28.8 Å². The number of anilines is 1. The van der Waals surface area contributed by atoms with Crippen molar-refractivity contribution in [2.75, 3.05) is 12.0 Å². The van der Waals surface area contributed by atoms with E-state index in [4.69, 9.17) is 4.74 Å². The van der Waals surface area contributed by atoms with Gasteiger partial charge in [0.2, 0.25) is 5.91 Å². The Bertz CT molecular complexity index is 1230. The predicted molar refractivity (Wildman–Crippen MR) is 145 cm³/mol. The van der Waals surface area contributed by atoms with Gasteiger partial charge in [0.15, 0.2) is 0 Å².